The van der Waals surface area contributed by atoms with Gasteiger partial charge in [0.15, 0.2) is 5.78 Å². The van der Waals surface area contributed by atoms with Gasteiger partial charge in [0.2, 0.25) is 0 Å². The molecule has 0 saturated heterocycles. The van der Waals surface area contributed by atoms with E-state index in [4.69, 9.17) is 9.47 Å². The molecule has 0 saturated carbocycles. The molecule has 0 unspecified atom stereocenters. The first kappa shape index (κ1) is 14.8. The van der Waals surface area contributed by atoms with Gasteiger partial charge in [-0.25, -0.2) is 4.39 Å². The largest absolute Gasteiger partial charge is 0.497 e. The molecule has 0 radical (unpaired) electrons. The van der Waals surface area contributed by atoms with Gasteiger partial charge in [-0.2, -0.15) is 0 Å². The van der Waals surface area contributed by atoms with E-state index >= 15 is 0 Å². The van der Waals surface area contributed by atoms with E-state index in [1.54, 1.807) is 44.6 Å². The molecule has 2 aromatic rings. The number of carbonyl (C=O) groups excluding carboxylic acids is 1. The molecule has 0 aliphatic carbocycles. The Hall–Kier alpha value is -2.62. The number of ketones is 1. The van der Waals surface area contributed by atoms with Crippen molar-refractivity contribution in [3.63, 3.8) is 0 Å². The molecule has 0 amide bonds. The molecule has 2 aromatic carbocycles. The van der Waals surface area contributed by atoms with E-state index in [9.17, 15) is 9.18 Å². The van der Waals surface area contributed by atoms with E-state index in [1.165, 1.54) is 24.3 Å². The van der Waals surface area contributed by atoms with Gasteiger partial charge < -0.3 is 9.47 Å². The van der Waals surface area contributed by atoms with E-state index in [1.807, 2.05) is 0 Å². The summed E-state index contributed by atoms with van der Waals surface area (Å²) in [4.78, 5) is 12.0. The Morgan fingerprint density at radius 2 is 1.71 bits per heavy atom. The normalized spacial score (nSPS) is 10.6. The molecule has 0 spiro atoms. The van der Waals surface area contributed by atoms with Gasteiger partial charge in [-0.05, 0) is 35.9 Å². The molecule has 108 valence electrons. The van der Waals surface area contributed by atoms with Crippen molar-refractivity contribution in [3.8, 4) is 11.5 Å². The fourth-order valence-corrected chi connectivity index (χ4v) is 1.84. The second-order valence-corrected chi connectivity index (χ2v) is 4.35. The third kappa shape index (κ3) is 3.92. The fourth-order valence-electron chi connectivity index (χ4n) is 1.84. The highest BCUT2D eigenvalue weighted by molar-refractivity contribution is 6.06. The molecular weight excluding hydrogens is 271 g/mol. The molecule has 0 fully saturated rings. The number of hydrogen-bond acceptors (Lipinski definition) is 3. The number of rotatable bonds is 5. The minimum absolute atomic E-state index is 0.267. The summed E-state index contributed by atoms with van der Waals surface area (Å²) in [5.41, 5.74) is 1.07. The van der Waals surface area contributed by atoms with Crippen LogP contribution in [0.2, 0.25) is 0 Å². The molecule has 2 rings (SSSR count). The molecule has 0 aliphatic rings. The van der Waals surface area contributed by atoms with Gasteiger partial charge in [0.05, 0.1) is 14.2 Å². The summed E-state index contributed by atoms with van der Waals surface area (Å²) in [6.45, 7) is 0. The van der Waals surface area contributed by atoms with Crippen molar-refractivity contribution in [3.05, 3.63) is 65.5 Å². The zero-order chi connectivity index (χ0) is 15.2. The van der Waals surface area contributed by atoms with Gasteiger partial charge in [0, 0.05) is 11.6 Å². The molecule has 0 aromatic heterocycles. The summed E-state index contributed by atoms with van der Waals surface area (Å²) in [6, 6.07) is 10.9. The van der Waals surface area contributed by atoms with E-state index < -0.39 is 5.82 Å². The van der Waals surface area contributed by atoms with Gasteiger partial charge in [-0.15, -0.1) is 0 Å². The van der Waals surface area contributed by atoms with E-state index in [0.717, 1.165) is 5.56 Å². The SMILES string of the molecule is COc1cc(/C=C/C(=O)c2cccc(F)c2)cc(OC)c1. The minimum atomic E-state index is -0.433. The topological polar surface area (TPSA) is 35.5 Å². The average molecular weight is 286 g/mol. The van der Waals surface area contributed by atoms with Gasteiger partial charge in [0.1, 0.15) is 17.3 Å². The van der Waals surface area contributed by atoms with Crippen molar-refractivity contribution in [2.24, 2.45) is 0 Å². The second kappa shape index (κ2) is 6.70. The molecule has 21 heavy (non-hydrogen) atoms. The Labute approximate surface area is 122 Å². The lowest BCUT2D eigenvalue weighted by Crippen LogP contribution is -1.94. The summed E-state index contributed by atoms with van der Waals surface area (Å²) >= 11 is 0. The Morgan fingerprint density at radius 3 is 2.29 bits per heavy atom. The Balaban J connectivity index is 2.22. The van der Waals surface area contributed by atoms with Gasteiger partial charge in [-0.1, -0.05) is 18.2 Å². The number of benzene rings is 2. The smallest absolute Gasteiger partial charge is 0.185 e. The second-order valence-electron chi connectivity index (χ2n) is 4.35. The van der Waals surface area contributed by atoms with Crippen LogP contribution in [0.3, 0.4) is 0 Å². The summed E-state index contributed by atoms with van der Waals surface area (Å²) in [7, 11) is 3.11. The lowest BCUT2D eigenvalue weighted by Gasteiger charge is -2.05. The van der Waals surface area contributed by atoms with Crippen LogP contribution in [-0.2, 0) is 0 Å². The molecule has 3 nitrogen and oxygen atoms in total. The highest BCUT2D eigenvalue weighted by atomic mass is 19.1. The average Bonchev–Trinajstić information content (AvgIpc) is 2.52. The molecule has 0 N–H and O–H groups in total. The predicted octanol–water partition coefficient (Wildman–Crippen LogP) is 3.74. The lowest BCUT2D eigenvalue weighted by atomic mass is 10.1. The summed E-state index contributed by atoms with van der Waals surface area (Å²) in [6.07, 6.45) is 3.03. The lowest BCUT2D eigenvalue weighted by molar-refractivity contribution is 0.104. The highest BCUT2D eigenvalue weighted by Gasteiger charge is 2.04. The quantitative estimate of drug-likeness (QED) is 0.620. The van der Waals surface area contributed by atoms with E-state index in [0.29, 0.717) is 17.1 Å². The van der Waals surface area contributed by atoms with Crippen LogP contribution in [0.25, 0.3) is 6.08 Å². The summed E-state index contributed by atoms with van der Waals surface area (Å²) in [5, 5.41) is 0. The first-order chi connectivity index (χ1) is 10.1. The summed E-state index contributed by atoms with van der Waals surface area (Å²) in [5.74, 6) is 0.563. The highest BCUT2D eigenvalue weighted by Crippen LogP contribution is 2.23. The first-order valence-corrected chi connectivity index (χ1v) is 6.33. The maximum absolute atomic E-state index is 13.1. The van der Waals surface area contributed by atoms with E-state index in [2.05, 4.69) is 0 Å². The molecule has 0 heterocycles. The third-order valence-electron chi connectivity index (χ3n) is 2.91. The van der Waals surface area contributed by atoms with Crippen molar-refractivity contribution >= 4 is 11.9 Å². The number of allylic oxidation sites excluding steroid dienone is 1. The van der Waals surface area contributed by atoms with Crippen molar-refractivity contribution in [1.82, 2.24) is 0 Å². The van der Waals surface area contributed by atoms with Crippen molar-refractivity contribution in [1.29, 1.82) is 0 Å². The van der Waals surface area contributed by atoms with Crippen LogP contribution >= 0.6 is 0 Å². The fraction of sp³-hybridized carbons (Fsp3) is 0.118. The maximum Gasteiger partial charge on any atom is 0.185 e. The van der Waals surface area contributed by atoms with Crippen molar-refractivity contribution in [2.75, 3.05) is 14.2 Å². The van der Waals surface area contributed by atoms with Crippen LogP contribution in [0.15, 0.2) is 48.5 Å². The zero-order valence-electron chi connectivity index (χ0n) is 11.8. The zero-order valence-corrected chi connectivity index (χ0v) is 11.8. The Bertz CT molecular complexity index is 655. The van der Waals surface area contributed by atoms with Crippen LogP contribution < -0.4 is 9.47 Å². The predicted molar refractivity (Wildman–Crippen MR) is 79.3 cm³/mol. The Kier molecular flexibility index (Phi) is 4.72. The van der Waals surface area contributed by atoms with E-state index in [-0.39, 0.29) is 5.78 Å². The van der Waals surface area contributed by atoms with Crippen molar-refractivity contribution in [2.45, 2.75) is 0 Å². The van der Waals surface area contributed by atoms with Gasteiger partial charge >= 0.3 is 0 Å². The van der Waals surface area contributed by atoms with Crippen LogP contribution in [0.4, 0.5) is 4.39 Å². The minimum Gasteiger partial charge on any atom is -0.497 e. The van der Waals surface area contributed by atoms with Crippen molar-refractivity contribution < 1.29 is 18.7 Å². The van der Waals surface area contributed by atoms with Gasteiger partial charge in [0.25, 0.3) is 0 Å². The van der Waals surface area contributed by atoms with Gasteiger partial charge in [-0.3, -0.25) is 4.79 Å². The van der Waals surface area contributed by atoms with Crippen LogP contribution in [0, 0.1) is 5.82 Å². The molecule has 0 bridgehead atoms. The van der Waals surface area contributed by atoms with Crippen LogP contribution in [0.5, 0.6) is 11.5 Å². The van der Waals surface area contributed by atoms with Crippen LogP contribution in [-0.4, -0.2) is 20.0 Å². The molecule has 4 heteroatoms. The number of carbonyl (C=O) groups is 1. The maximum atomic E-state index is 13.1. The standard InChI is InChI=1S/C17H15FO3/c1-20-15-8-12(9-16(11-15)21-2)6-7-17(19)13-4-3-5-14(18)10-13/h3-11H,1-2H3/b7-6+. The third-order valence-corrected chi connectivity index (χ3v) is 2.91. The van der Waals surface area contributed by atoms with Crippen LogP contribution in [0.1, 0.15) is 15.9 Å². The number of hydrogen-bond donors (Lipinski definition) is 0. The summed E-state index contributed by atoms with van der Waals surface area (Å²) < 4.78 is 23.4. The molecular formula is C17H15FO3. The molecule has 0 aliphatic heterocycles. The number of methoxy groups -OCH3 is 2. The number of ether oxygens (including phenoxy) is 2. The molecule has 0 atom stereocenters. The first-order valence-electron chi connectivity index (χ1n) is 6.33. The monoisotopic (exact) mass is 286 g/mol. The number of halogens is 1. The Morgan fingerprint density at radius 1 is 1.05 bits per heavy atom.